The number of hydrogen-bond donors (Lipinski definition) is 1. The van der Waals surface area contributed by atoms with Gasteiger partial charge in [0.2, 0.25) is 0 Å². The molecule has 0 aromatic heterocycles. The second kappa shape index (κ2) is 6.92. The first kappa shape index (κ1) is 14.4. The van der Waals surface area contributed by atoms with E-state index in [-0.39, 0.29) is 0 Å². The Balaban J connectivity index is 2.08. The molecule has 1 aliphatic rings. The molecule has 0 bridgehead atoms. The number of thioether (sulfide) groups is 1. The van der Waals surface area contributed by atoms with Gasteiger partial charge in [-0.3, -0.25) is 0 Å². The molecule has 2 nitrogen and oxygen atoms in total. The molecule has 5 heteroatoms. The average molecular weight is 351 g/mol. The molecule has 0 spiro atoms. The zero-order valence-electron chi connectivity index (χ0n) is 10.3. The minimum Gasteiger partial charge on any atom is -0.491 e. The van der Waals surface area contributed by atoms with Crippen molar-refractivity contribution in [3.63, 3.8) is 0 Å². The van der Waals surface area contributed by atoms with E-state index < -0.39 is 0 Å². The Labute approximate surface area is 126 Å². The summed E-state index contributed by atoms with van der Waals surface area (Å²) in [6, 6.07) is 3.79. The molecule has 1 aromatic rings. The second-order valence-corrected chi connectivity index (χ2v) is 6.75. The standard InChI is InChI=1S/C13H17BrClNOS/c1-2-17-13-11(14)5-10(15)6-12(13)16-7-9-3-4-18-8-9/h5-6,9,16H,2-4,7-8H2,1H3. The third kappa shape index (κ3) is 3.72. The first-order chi connectivity index (χ1) is 8.70. The normalized spacial score (nSPS) is 18.9. The van der Waals surface area contributed by atoms with Crippen LogP contribution in [0.15, 0.2) is 16.6 Å². The van der Waals surface area contributed by atoms with E-state index in [0.29, 0.717) is 11.6 Å². The minimum atomic E-state index is 0.647. The molecule has 1 saturated heterocycles. The molecular formula is C13H17BrClNOS. The summed E-state index contributed by atoms with van der Waals surface area (Å²) in [6.45, 7) is 3.62. The SMILES string of the molecule is CCOc1c(Br)cc(Cl)cc1NCC1CCSC1. The van der Waals surface area contributed by atoms with Crippen LogP contribution in [0.5, 0.6) is 5.75 Å². The van der Waals surface area contributed by atoms with E-state index in [1.165, 1.54) is 17.9 Å². The lowest BCUT2D eigenvalue weighted by molar-refractivity contribution is 0.339. The quantitative estimate of drug-likeness (QED) is 0.834. The second-order valence-electron chi connectivity index (χ2n) is 4.31. The number of ether oxygens (including phenoxy) is 1. The average Bonchev–Trinajstić information content (AvgIpc) is 2.83. The van der Waals surface area contributed by atoms with Crippen LogP contribution in [-0.4, -0.2) is 24.7 Å². The van der Waals surface area contributed by atoms with Crippen LogP contribution in [0, 0.1) is 5.92 Å². The molecule has 1 atom stereocenters. The summed E-state index contributed by atoms with van der Waals surface area (Å²) < 4.78 is 6.57. The van der Waals surface area contributed by atoms with Crippen molar-refractivity contribution in [2.24, 2.45) is 5.92 Å². The molecule has 1 heterocycles. The smallest absolute Gasteiger partial charge is 0.156 e. The van der Waals surface area contributed by atoms with Gasteiger partial charge in [0, 0.05) is 11.6 Å². The van der Waals surface area contributed by atoms with Gasteiger partial charge >= 0.3 is 0 Å². The van der Waals surface area contributed by atoms with Crippen molar-refractivity contribution in [1.82, 2.24) is 0 Å². The van der Waals surface area contributed by atoms with Crippen LogP contribution in [0.3, 0.4) is 0 Å². The topological polar surface area (TPSA) is 21.3 Å². The molecule has 100 valence electrons. The maximum absolute atomic E-state index is 6.09. The van der Waals surface area contributed by atoms with Crippen LogP contribution in [0.4, 0.5) is 5.69 Å². The number of nitrogens with one attached hydrogen (secondary N) is 1. The van der Waals surface area contributed by atoms with Gasteiger partial charge in [0.15, 0.2) is 5.75 Å². The molecule has 0 aliphatic carbocycles. The lowest BCUT2D eigenvalue weighted by atomic mass is 10.1. The minimum absolute atomic E-state index is 0.647. The zero-order valence-corrected chi connectivity index (χ0v) is 13.5. The Hall–Kier alpha value is -0.0600. The molecular weight excluding hydrogens is 334 g/mol. The number of hydrogen-bond acceptors (Lipinski definition) is 3. The van der Waals surface area contributed by atoms with E-state index in [9.17, 15) is 0 Å². The summed E-state index contributed by atoms with van der Waals surface area (Å²) in [5.41, 5.74) is 0.980. The molecule has 1 aliphatic heterocycles. The summed E-state index contributed by atoms with van der Waals surface area (Å²) >= 11 is 11.6. The third-order valence-electron chi connectivity index (χ3n) is 2.90. The number of rotatable bonds is 5. The van der Waals surface area contributed by atoms with Crippen LogP contribution in [0.25, 0.3) is 0 Å². The van der Waals surface area contributed by atoms with Gasteiger partial charge in [-0.2, -0.15) is 11.8 Å². The first-order valence-electron chi connectivity index (χ1n) is 6.14. The van der Waals surface area contributed by atoms with E-state index >= 15 is 0 Å². The van der Waals surface area contributed by atoms with E-state index in [1.807, 2.05) is 30.8 Å². The Kier molecular flexibility index (Phi) is 5.52. The van der Waals surface area contributed by atoms with Gasteiger partial charge in [0.25, 0.3) is 0 Å². The molecule has 0 saturated carbocycles. The lowest BCUT2D eigenvalue weighted by Gasteiger charge is -2.16. The van der Waals surface area contributed by atoms with E-state index in [2.05, 4.69) is 21.2 Å². The predicted molar refractivity (Wildman–Crippen MR) is 84.2 cm³/mol. The fraction of sp³-hybridized carbons (Fsp3) is 0.538. The number of benzene rings is 1. The fourth-order valence-corrected chi connectivity index (χ4v) is 4.19. The van der Waals surface area contributed by atoms with Crippen molar-refractivity contribution in [3.05, 3.63) is 21.6 Å². The first-order valence-corrected chi connectivity index (χ1v) is 8.46. The van der Waals surface area contributed by atoms with Crippen LogP contribution in [-0.2, 0) is 0 Å². The maximum atomic E-state index is 6.09. The van der Waals surface area contributed by atoms with Crippen molar-refractivity contribution in [3.8, 4) is 5.75 Å². The van der Waals surface area contributed by atoms with Gasteiger partial charge in [0.05, 0.1) is 16.8 Å². The maximum Gasteiger partial charge on any atom is 0.156 e. The van der Waals surface area contributed by atoms with Gasteiger partial charge in [-0.15, -0.1) is 0 Å². The molecule has 18 heavy (non-hydrogen) atoms. The summed E-state index contributed by atoms with van der Waals surface area (Å²) in [5, 5.41) is 4.19. The van der Waals surface area contributed by atoms with Gasteiger partial charge in [0.1, 0.15) is 0 Å². The van der Waals surface area contributed by atoms with Crippen molar-refractivity contribution >= 4 is 45.0 Å². The molecule has 0 radical (unpaired) electrons. The fourth-order valence-electron chi connectivity index (χ4n) is 1.98. The molecule has 1 aromatic carbocycles. The van der Waals surface area contributed by atoms with E-state index in [1.54, 1.807) is 0 Å². The van der Waals surface area contributed by atoms with Gasteiger partial charge in [-0.05, 0) is 58.8 Å². The third-order valence-corrected chi connectivity index (χ3v) is 4.94. The Bertz CT molecular complexity index is 410. The van der Waals surface area contributed by atoms with Crippen LogP contribution >= 0.6 is 39.3 Å². The molecule has 1 N–H and O–H groups in total. The number of anilines is 1. The Morgan fingerprint density at radius 3 is 3.06 bits per heavy atom. The summed E-state index contributed by atoms with van der Waals surface area (Å²) in [4.78, 5) is 0. The summed E-state index contributed by atoms with van der Waals surface area (Å²) in [7, 11) is 0. The largest absolute Gasteiger partial charge is 0.491 e. The van der Waals surface area contributed by atoms with E-state index in [0.717, 1.165) is 28.4 Å². The summed E-state index contributed by atoms with van der Waals surface area (Å²) in [5.74, 6) is 4.14. The highest BCUT2D eigenvalue weighted by molar-refractivity contribution is 9.10. The van der Waals surface area contributed by atoms with E-state index in [4.69, 9.17) is 16.3 Å². The summed E-state index contributed by atoms with van der Waals surface area (Å²) in [6.07, 6.45) is 1.30. The van der Waals surface area contributed by atoms with Crippen molar-refractivity contribution < 1.29 is 4.74 Å². The molecule has 2 rings (SSSR count). The van der Waals surface area contributed by atoms with Gasteiger partial charge in [-0.25, -0.2) is 0 Å². The van der Waals surface area contributed by atoms with Crippen LogP contribution < -0.4 is 10.1 Å². The monoisotopic (exact) mass is 349 g/mol. The molecule has 1 fully saturated rings. The van der Waals surface area contributed by atoms with Crippen molar-refractivity contribution in [1.29, 1.82) is 0 Å². The van der Waals surface area contributed by atoms with Crippen molar-refractivity contribution in [2.45, 2.75) is 13.3 Å². The predicted octanol–water partition coefficient (Wildman–Crippen LogP) is 4.67. The Morgan fingerprint density at radius 1 is 1.56 bits per heavy atom. The number of halogens is 2. The van der Waals surface area contributed by atoms with Gasteiger partial charge < -0.3 is 10.1 Å². The van der Waals surface area contributed by atoms with Crippen LogP contribution in [0.1, 0.15) is 13.3 Å². The van der Waals surface area contributed by atoms with Crippen molar-refractivity contribution in [2.75, 3.05) is 30.0 Å². The zero-order chi connectivity index (χ0) is 13.0. The Morgan fingerprint density at radius 2 is 2.39 bits per heavy atom. The molecule has 0 amide bonds. The van der Waals surface area contributed by atoms with Gasteiger partial charge in [-0.1, -0.05) is 11.6 Å². The van der Waals surface area contributed by atoms with Crippen LogP contribution in [0.2, 0.25) is 5.02 Å². The highest BCUT2D eigenvalue weighted by Crippen LogP contribution is 2.37. The molecule has 1 unspecified atom stereocenters. The highest BCUT2D eigenvalue weighted by atomic mass is 79.9. The highest BCUT2D eigenvalue weighted by Gasteiger charge is 2.16. The lowest BCUT2D eigenvalue weighted by Crippen LogP contribution is -2.14.